The fourth-order valence-corrected chi connectivity index (χ4v) is 2.07. The number of carbonyl (C=O) groups excluding carboxylic acids is 1. The van der Waals surface area contributed by atoms with Crippen LogP contribution in [0.4, 0.5) is 0 Å². The lowest BCUT2D eigenvalue weighted by atomic mass is 9.64. The predicted molar refractivity (Wildman–Crippen MR) is 63.3 cm³/mol. The summed E-state index contributed by atoms with van der Waals surface area (Å²) in [6.07, 6.45) is 3.73. The highest BCUT2D eigenvalue weighted by Crippen LogP contribution is 2.40. The van der Waals surface area contributed by atoms with Gasteiger partial charge >= 0.3 is 0 Å². The van der Waals surface area contributed by atoms with Crippen LogP contribution < -0.4 is 5.32 Å². The van der Waals surface area contributed by atoms with Crippen LogP contribution in [0, 0.1) is 5.41 Å². The monoisotopic (exact) mass is 237 g/mol. The normalized spacial score (nSPS) is 28.2. The molecule has 3 atom stereocenters. The molecule has 1 fully saturated rings. The fourth-order valence-electron chi connectivity index (χ4n) is 2.07. The molecule has 0 aromatic carbocycles. The maximum absolute atomic E-state index is 12.0. The molecular weight excluding hydrogens is 218 g/mol. The number of amides is 1. The van der Waals surface area contributed by atoms with Crippen molar-refractivity contribution in [3.05, 3.63) is 18.5 Å². The number of hydrogen-bond acceptors (Lipinski definition) is 3. The van der Waals surface area contributed by atoms with E-state index in [0.29, 0.717) is 6.42 Å². The quantitative estimate of drug-likeness (QED) is 0.814. The van der Waals surface area contributed by atoms with Crippen molar-refractivity contribution in [2.45, 2.75) is 45.4 Å². The van der Waals surface area contributed by atoms with E-state index in [-0.39, 0.29) is 29.5 Å². The lowest BCUT2D eigenvalue weighted by molar-refractivity contribution is -0.132. The van der Waals surface area contributed by atoms with Crippen molar-refractivity contribution in [3.63, 3.8) is 0 Å². The molecule has 0 spiro atoms. The third kappa shape index (κ3) is 2.07. The van der Waals surface area contributed by atoms with Crippen molar-refractivity contribution in [2.75, 3.05) is 0 Å². The molecule has 1 aliphatic carbocycles. The molecule has 94 valence electrons. The Labute approximate surface area is 101 Å². The minimum absolute atomic E-state index is 0.0445. The number of aliphatic hydroxyl groups excluding tert-OH is 1. The number of nitrogens with zero attached hydrogens (tertiary/aromatic N) is 2. The fraction of sp³-hybridized carbons (Fsp3) is 0.667. The van der Waals surface area contributed by atoms with Crippen molar-refractivity contribution in [1.82, 2.24) is 15.1 Å². The lowest BCUT2D eigenvalue weighted by Crippen LogP contribution is -2.61. The molecule has 2 N–H and O–H groups in total. The van der Waals surface area contributed by atoms with Gasteiger partial charge in [-0.2, -0.15) is 5.10 Å². The molecule has 1 heterocycles. The van der Waals surface area contributed by atoms with Crippen molar-refractivity contribution >= 4 is 5.91 Å². The Morgan fingerprint density at radius 2 is 2.35 bits per heavy atom. The van der Waals surface area contributed by atoms with Gasteiger partial charge in [-0.25, -0.2) is 0 Å². The molecule has 0 radical (unpaired) electrons. The zero-order chi connectivity index (χ0) is 12.6. The predicted octanol–water partition coefficient (Wildman–Crippen LogP) is 0.720. The first-order valence-corrected chi connectivity index (χ1v) is 5.90. The summed E-state index contributed by atoms with van der Waals surface area (Å²) < 4.78 is 1.62. The van der Waals surface area contributed by atoms with Crippen LogP contribution in [-0.4, -0.2) is 32.9 Å². The molecule has 0 saturated heterocycles. The third-order valence-corrected chi connectivity index (χ3v) is 3.83. The SMILES string of the molecule is CC(C(=O)NC1CC(O)C1(C)C)n1cccn1. The van der Waals surface area contributed by atoms with Gasteiger partial charge in [0, 0.05) is 23.9 Å². The van der Waals surface area contributed by atoms with Crippen LogP contribution in [0.3, 0.4) is 0 Å². The summed E-state index contributed by atoms with van der Waals surface area (Å²) in [6, 6.07) is 1.52. The van der Waals surface area contributed by atoms with Gasteiger partial charge in [0.25, 0.3) is 0 Å². The molecular formula is C12H19N3O2. The first kappa shape index (κ1) is 12.1. The Morgan fingerprint density at radius 1 is 1.65 bits per heavy atom. The van der Waals surface area contributed by atoms with Gasteiger partial charge < -0.3 is 10.4 Å². The van der Waals surface area contributed by atoms with Crippen LogP contribution >= 0.6 is 0 Å². The van der Waals surface area contributed by atoms with Gasteiger partial charge in [0.2, 0.25) is 5.91 Å². The topological polar surface area (TPSA) is 67.2 Å². The van der Waals surface area contributed by atoms with Gasteiger partial charge in [-0.3, -0.25) is 9.48 Å². The minimum atomic E-state index is -0.326. The molecule has 5 heteroatoms. The second kappa shape index (κ2) is 4.14. The van der Waals surface area contributed by atoms with Gasteiger partial charge in [-0.1, -0.05) is 13.8 Å². The van der Waals surface area contributed by atoms with E-state index in [9.17, 15) is 9.90 Å². The highest BCUT2D eigenvalue weighted by atomic mass is 16.3. The molecule has 1 aromatic heterocycles. The number of carbonyl (C=O) groups is 1. The number of nitrogens with one attached hydrogen (secondary N) is 1. The molecule has 1 aromatic rings. The average molecular weight is 237 g/mol. The summed E-state index contributed by atoms with van der Waals surface area (Å²) in [7, 11) is 0. The highest BCUT2D eigenvalue weighted by Gasteiger charge is 2.48. The van der Waals surface area contributed by atoms with Crippen molar-refractivity contribution < 1.29 is 9.90 Å². The molecule has 1 amide bonds. The van der Waals surface area contributed by atoms with Crippen LogP contribution in [0.25, 0.3) is 0 Å². The molecule has 3 unspecified atom stereocenters. The second-order valence-electron chi connectivity index (χ2n) is 5.30. The Balaban J connectivity index is 1.95. The summed E-state index contributed by atoms with van der Waals surface area (Å²) in [6.45, 7) is 5.74. The van der Waals surface area contributed by atoms with Crippen molar-refractivity contribution in [1.29, 1.82) is 0 Å². The highest BCUT2D eigenvalue weighted by molar-refractivity contribution is 5.80. The first-order chi connectivity index (χ1) is 7.93. The third-order valence-electron chi connectivity index (χ3n) is 3.83. The Bertz CT molecular complexity index is 400. The van der Waals surface area contributed by atoms with Gasteiger partial charge in [0.15, 0.2) is 0 Å². The smallest absolute Gasteiger partial charge is 0.244 e. The van der Waals surface area contributed by atoms with E-state index >= 15 is 0 Å². The molecule has 0 bridgehead atoms. The maximum atomic E-state index is 12.0. The zero-order valence-electron chi connectivity index (χ0n) is 10.4. The molecule has 5 nitrogen and oxygen atoms in total. The average Bonchev–Trinajstić information content (AvgIpc) is 2.81. The molecule has 2 rings (SSSR count). The summed E-state index contributed by atoms with van der Waals surface area (Å²) in [5.41, 5.74) is -0.237. The van der Waals surface area contributed by atoms with Gasteiger partial charge in [0.1, 0.15) is 6.04 Å². The Hall–Kier alpha value is -1.36. The van der Waals surface area contributed by atoms with Gasteiger partial charge in [-0.05, 0) is 19.4 Å². The van der Waals surface area contributed by atoms with Gasteiger partial charge in [0.05, 0.1) is 6.10 Å². The second-order valence-corrected chi connectivity index (χ2v) is 5.30. The summed E-state index contributed by atoms with van der Waals surface area (Å²) in [5.74, 6) is -0.0568. The van der Waals surface area contributed by atoms with Crippen molar-refractivity contribution in [3.8, 4) is 0 Å². The lowest BCUT2D eigenvalue weighted by Gasteiger charge is -2.49. The van der Waals surface area contributed by atoms with Crippen LogP contribution in [0.15, 0.2) is 18.5 Å². The van der Waals surface area contributed by atoms with E-state index in [4.69, 9.17) is 0 Å². The summed E-state index contributed by atoms with van der Waals surface area (Å²) in [5, 5.41) is 16.6. The molecule has 17 heavy (non-hydrogen) atoms. The maximum Gasteiger partial charge on any atom is 0.244 e. The molecule has 1 aliphatic rings. The summed E-state index contributed by atoms with van der Waals surface area (Å²) >= 11 is 0. The summed E-state index contributed by atoms with van der Waals surface area (Å²) in [4.78, 5) is 12.0. The number of aromatic nitrogens is 2. The Kier molecular flexibility index (Phi) is 2.95. The standard InChI is InChI=1S/C12H19N3O2/c1-8(15-6-4-5-13-15)11(17)14-9-7-10(16)12(9,2)3/h4-6,8-10,16H,7H2,1-3H3,(H,14,17). The first-order valence-electron chi connectivity index (χ1n) is 5.90. The minimum Gasteiger partial charge on any atom is -0.392 e. The van der Waals surface area contributed by atoms with Crippen LogP contribution in [0.5, 0.6) is 0 Å². The number of rotatable bonds is 3. The number of hydrogen-bond donors (Lipinski definition) is 2. The van der Waals surface area contributed by atoms with Crippen LogP contribution in [-0.2, 0) is 4.79 Å². The molecule has 0 aliphatic heterocycles. The van der Waals surface area contributed by atoms with Crippen LogP contribution in [0.1, 0.15) is 33.2 Å². The van der Waals surface area contributed by atoms with Crippen molar-refractivity contribution in [2.24, 2.45) is 5.41 Å². The van der Waals surface area contributed by atoms with Gasteiger partial charge in [-0.15, -0.1) is 0 Å². The van der Waals surface area contributed by atoms with E-state index in [1.165, 1.54) is 0 Å². The van der Waals surface area contributed by atoms with E-state index in [0.717, 1.165) is 0 Å². The van der Waals surface area contributed by atoms with E-state index in [1.54, 1.807) is 23.1 Å². The van der Waals surface area contributed by atoms with Crippen LogP contribution in [0.2, 0.25) is 0 Å². The van der Waals surface area contributed by atoms with E-state index in [2.05, 4.69) is 10.4 Å². The molecule has 1 saturated carbocycles. The Morgan fingerprint density at radius 3 is 2.82 bits per heavy atom. The van der Waals surface area contributed by atoms with E-state index < -0.39 is 0 Å². The largest absolute Gasteiger partial charge is 0.392 e. The zero-order valence-corrected chi connectivity index (χ0v) is 10.4. The van der Waals surface area contributed by atoms with E-state index in [1.807, 2.05) is 20.8 Å². The number of aliphatic hydroxyl groups is 1.